The Hall–Kier alpha value is -4.51. The number of benzene rings is 2. The summed E-state index contributed by atoms with van der Waals surface area (Å²) in [5, 5.41) is 17.9. The number of pyridine rings is 1. The van der Waals surface area contributed by atoms with Gasteiger partial charge in [-0.3, -0.25) is 4.98 Å². The molecule has 5 aromatic rings. The minimum atomic E-state index is -4.57. The molecule has 36 heavy (non-hydrogen) atoms. The quantitative estimate of drug-likeness (QED) is 0.302. The van der Waals surface area contributed by atoms with E-state index >= 15 is 0 Å². The van der Waals surface area contributed by atoms with Crippen molar-refractivity contribution in [3.05, 3.63) is 89.7 Å². The van der Waals surface area contributed by atoms with Crippen molar-refractivity contribution >= 4 is 34.7 Å². The lowest BCUT2D eigenvalue weighted by Gasteiger charge is -2.13. The highest BCUT2D eigenvalue weighted by molar-refractivity contribution is 6.33. The molecule has 0 aliphatic heterocycles. The van der Waals surface area contributed by atoms with Gasteiger partial charge in [-0.2, -0.15) is 22.8 Å². The maximum absolute atomic E-state index is 13.0. The van der Waals surface area contributed by atoms with Crippen LogP contribution in [-0.2, 0) is 6.18 Å². The van der Waals surface area contributed by atoms with E-state index in [0.717, 1.165) is 23.8 Å². The van der Waals surface area contributed by atoms with Crippen LogP contribution in [-0.4, -0.2) is 30.8 Å². The van der Waals surface area contributed by atoms with Crippen LogP contribution in [0.3, 0.4) is 0 Å². The van der Waals surface area contributed by atoms with Gasteiger partial charge in [0.05, 0.1) is 22.0 Å². The fraction of sp³-hybridized carbons (Fsp3) is 0.0417. The molecule has 3 aromatic heterocycles. The zero-order valence-electron chi connectivity index (χ0n) is 18.2. The SMILES string of the molecule is O=C(Nc1cccc(-c2ccc3nnc(-c4cccnc4)n3n2)c1)Nc1cc(C(F)(F)F)ccc1Cl. The average molecular weight is 510 g/mol. The summed E-state index contributed by atoms with van der Waals surface area (Å²) in [5.74, 6) is 0.520. The van der Waals surface area contributed by atoms with E-state index in [2.05, 4.69) is 30.9 Å². The van der Waals surface area contributed by atoms with Crippen molar-refractivity contribution in [3.8, 4) is 22.6 Å². The van der Waals surface area contributed by atoms with Crippen molar-refractivity contribution < 1.29 is 18.0 Å². The second kappa shape index (κ2) is 9.27. The molecule has 180 valence electrons. The molecule has 0 saturated carbocycles. The second-order valence-electron chi connectivity index (χ2n) is 7.61. The zero-order valence-corrected chi connectivity index (χ0v) is 18.9. The Bertz CT molecular complexity index is 1570. The normalized spacial score (nSPS) is 11.4. The van der Waals surface area contributed by atoms with Crippen molar-refractivity contribution in [2.75, 3.05) is 10.6 Å². The third-order valence-electron chi connectivity index (χ3n) is 5.14. The van der Waals surface area contributed by atoms with Gasteiger partial charge in [0.1, 0.15) is 0 Å². The smallest absolute Gasteiger partial charge is 0.308 e. The van der Waals surface area contributed by atoms with E-state index in [-0.39, 0.29) is 10.7 Å². The average Bonchev–Trinajstić information content (AvgIpc) is 3.29. The van der Waals surface area contributed by atoms with Gasteiger partial charge in [0.2, 0.25) is 0 Å². The summed E-state index contributed by atoms with van der Waals surface area (Å²) in [4.78, 5) is 16.6. The molecule has 0 radical (unpaired) electrons. The summed E-state index contributed by atoms with van der Waals surface area (Å²) >= 11 is 5.96. The molecule has 3 heterocycles. The van der Waals surface area contributed by atoms with E-state index < -0.39 is 17.8 Å². The first kappa shape index (κ1) is 23.2. The zero-order chi connectivity index (χ0) is 25.3. The van der Waals surface area contributed by atoms with E-state index in [1.54, 1.807) is 59.4 Å². The molecule has 12 heteroatoms. The molecular formula is C24H15ClF3N7O. The van der Waals surface area contributed by atoms with Crippen molar-refractivity contribution in [3.63, 3.8) is 0 Å². The molecule has 0 aliphatic rings. The molecule has 0 spiro atoms. The Morgan fingerprint density at radius 2 is 1.75 bits per heavy atom. The van der Waals surface area contributed by atoms with Crippen LogP contribution in [0.25, 0.3) is 28.3 Å². The van der Waals surface area contributed by atoms with Crippen LogP contribution in [0.4, 0.5) is 29.3 Å². The minimum Gasteiger partial charge on any atom is -0.308 e. The van der Waals surface area contributed by atoms with Crippen LogP contribution in [0, 0.1) is 0 Å². The van der Waals surface area contributed by atoms with E-state index in [9.17, 15) is 18.0 Å². The van der Waals surface area contributed by atoms with E-state index in [0.29, 0.717) is 28.4 Å². The Kier molecular flexibility index (Phi) is 5.98. The molecule has 8 nitrogen and oxygen atoms in total. The number of halogens is 4. The lowest BCUT2D eigenvalue weighted by Crippen LogP contribution is -2.20. The van der Waals surface area contributed by atoms with Gasteiger partial charge in [-0.1, -0.05) is 23.7 Å². The summed E-state index contributed by atoms with van der Waals surface area (Å²) in [6, 6.07) is 15.9. The molecule has 0 atom stereocenters. The number of nitrogens with zero attached hydrogens (tertiary/aromatic N) is 5. The van der Waals surface area contributed by atoms with Gasteiger partial charge >= 0.3 is 12.2 Å². The topological polar surface area (TPSA) is 97.1 Å². The lowest BCUT2D eigenvalue weighted by molar-refractivity contribution is -0.137. The summed E-state index contributed by atoms with van der Waals surface area (Å²) in [7, 11) is 0. The van der Waals surface area contributed by atoms with Crippen molar-refractivity contribution in [1.82, 2.24) is 24.8 Å². The van der Waals surface area contributed by atoms with Gasteiger partial charge in [0.25, 0.3) is 0 Å². The predicted octanol–water partition coefficient (Wildman–Crippen LogP) is 6.17. The number of carbonyl (C=O) groups is 1. The Morgan fingerprint density at radius 1 is 0.917 bits per heavy atom. The lowest BCUT2D eigenvalue weighted by atomic mass is 10.1. The largest absolute Gasteiger partial charge is 0.416 e. The third-order valence-corrected chi connectivity index (χ3v) is 5.47. The van der Waals surface area contributed by atoms with E-state index in [1.807, 2.05) is 6.07 Å². The molecule has 2 N–H and O–H groups in total. The van der Waals surface area contributed by atoms with Crippen LogP contribution in [0.15, 0.2) is 79.1 Å². The molecule has 2 amide bonds. The predicted molar refractivity (Wildman–Crippen MR) is 129 cm³/mol. The molecule has 0 bridgehead atoms. The fourth-order valence-corrected chi connectivity index (χ4v) is 3.62. The maximum atomic E-state index is 13.0. The molecule has 0 unspecified atom stereocenters. The van der Waals surface area contributed by atoms with E-state index in [1.165, 1.54) is 0 Å². The van der Waals surface area contributed by atoms with Crippen LogP contribution in [0.1, 0.15) is 5.56 Å². The van der Waals surface area contributed by atoms with Gasteiger partial charge < -0.3 is 10.6 Å². The maximum Gasteiger partial charge on any atom is 0.416 e. The number of hydrogen-bond acceptors (Lipinski definition) is 5. The summed E-state index contributed by atoms with van der Waals surface area (Å²) < 4.78 is 40.6. The van der Waals surface area contributed by atoms with Gasteiger partial charge in [0.15, 0.2) is 11.5 Å². The molecule has 0 aliphatic carbocycles. The standard InChI is InChI=1S/C24H15ClF3N7O/c25-18-7-6-16(24(26,27)28)12-20(18)31-23(36)30-17-5-1-3-14(11-17)19-8-9-21-32-33-22(35(21)34-19)15-4-2-10-29-13-15/h1-13H,(H2,30,31,36). The molecule has 0 fully saturated rings. The highest BCUT2D eigenvalue weighted by Gasteiger charge is 2.31. The molecule has 0 saturated heterocycles. The Labute approximate surface area is 206 Å². The van der Waals surface area contributed by atoms with Gasteiger partial charge in [0, 0.05) is 29.2 Å². The molecule has 5 rings (SSSR count). The summed E-state index contributed by atoms with van der Waals surface area (Å²) in [6.45, 7) is 0. The third kappa shape index (κ3) is 4.82. The van der Waals surface area contributed by atoms with Gasteiger partial charge in [-0.15, -0.1) is 10.2 Å². The van der Waals surface area contributed by atoms with Crippen LogP contribution in [0.2, 0.25) is 5.02 Å². The number of nitrogens with one attached hydrogen (secondary N) is 2. The van der Waals surface area contributed by atoms with Crippen LogP contribution >= 0.6 is 11.6 Å². The first-order chi connectivity index (χ1) is 17.3. The highest BCUT2D eigenvalue weighted by atomic mass is 35.5. The monoisotopic (exact) mass is 509 g/mol. The number of alkyl halides is 3. The molecular weight excluding hydrogens is 495 g/mol. The number of carbonyl (C=O) groups excluding carboxylic acids is 1. The number of urea groups is 1. The fourth-order valence-electron chi connectivity index (χ4n) is 3.46. The number of amides is 2. The summed E-state index contributed by atoms with van der Waals surface area (Å²) in [6.07, 6.45) is -1.26. The number of fused-ring (bicyclic) bond motifs is 1. The first-order valence-electron chi connectivity index (χ1n) is 10.5. The number of hydrogen-bond donors (Lipinski definition) is 2. The van der Waals surface area contributed by atoms with Gasteiger partial charge in [-0.05, 0) is 54.6 Å². The Balaban J connectivity index is 1.38. The van der Waals surface area contributed by atoms with E-state index in [4.69, 9.17) is 11.6 Å². The second-order valence-corrected chi connectivity index (χ2v) is 8.01. The molecule has 2 aromatic carbocycles. The Morgan fingerprint density at radius 3 is 2.53 bits per heavy atom. The highest BCUT2D eigenvalue weighted by Crippen LogP contribution is 2.34. The van der Waals surface area contributed by atoms with Gasteiger partial charge in [-0.25, -0.2) is 4.79 Å². The van der Waals surface area contributed by atoms with Crippen molar-refractivity contribution in [2.45, 2.75) is 6.18 Å². The number of anilines is 2. The number of rotatable bonds is 4. The van der Waals surface area contributed by atoms with Crippen LogP contribution < -0.4 is 10.6 Å². The van der Waals surface area contributed by atoms with Crippen LogP contribution in [0.5, 0.6) is 0 Å². The first-order valence-corrected chi connectivity index (χ1v) is 10.8. The van der Waals surface area contributed by atoms with Crippen molar-refractivity contribution in [1.29, 1.82) is 0 Å². The minimum absolute atomic E-state index is 0.0252. The van der Waals surface area contributed by atoms with Crippen molar-refractivity contribution in [2.24, 2.45) is 0 Å². The summed E-state index contributed by atoms with van der Waals surface area (Å²) in [5.41, 5.74) is 1.86. The number of aromatic nitrogens is 5.